The Morgan fingerprint density at radius 1 is 1.25 bits per heavy atom. The third-order valence-electron chi connectivity index (χ3n) is 4.08. The minimum Gasteiger partial charge on any atom is -0.484 e. The van der Waals surface area contributed by atoms with Crippen LogP contribution >= 0.6 is 0 Å². The number of hydrogen-bond donors (Lipinski definition) is 1. The van der Waals surface area contributed by atoms with Crippen LogP contribution in [0.3, 0.4) is 0 Å². The number of anilines is 1. The second-order valence-corrected chi connectivity index (χ2v) is 7.72. The molecule has 1 aliphatic rings. The molecule has 1 heterocycles. The van der Waals surface area contributed by atoms with E-state index in [1.807, 2.05) is 0 Å². The first-order valence-corrected chi connectivity index (χ1v) is 9.10. The number of carbonyl (C=O) groups excluding carboxylic acids is 1. The lowest BCUT2D eigenvalue weighted by Crippen LogP contribution is -2.45. The molecule has 0 aliphatic carbocycles. The molecule has 0 unspecified atom stereocenters. The van der Waals surface area contributed by atoms with Crippen molar-refractivity contribution in [1.29, 1.82) is 0 Å². The van der Waals surface area contributed by atoms with Crippen molar-refractivity contribution in [3.8, 4) is 5.75 Å². The Morgan fingerprint density at radius 2 is 1.89 bits per heavy atom. The third-order valence-corrected chi connectivity index (χ3v) is 4.08. The number of carbonyl (C=O) groups is 1. The molecular formula is C19H27F3N2O4. The van der Waals surface area contributed by atoms with E-state index in [9.17, 15) is 18.0 Å². The number of nitrogens with two attached hydrogens (primary N) is 1. The predicted octanol–water partition coefficient (Wildman–Crippen LogP) is 4.13. The summed E-state index contributed by atoms with van der Waals surface area (Å²) in [4.78, 5) is 14.3. The van der Waals surface area contributed by atoms with Crippen LogP contribution in [-0.4, -0.2) is 48.6 Å². The summed E-state index contributed by atoms with van der Waals surface area (Å²) in [7, 11) is 0. The van der Waals surface area contributed by atoms with Gasteiger partial charge in [-0.1, -0.05) is 0 Å². The highest BCUT2D eigenvalue weighted by Crippen LogP contribution is 2.28. The predicted molar refractivity (Wildman–Crippen MR) is 98.0 cm³/mol. The minimum atomic E-state index is -4.47. The molecular weight excluding hydrogens is 377 g/mol. The van der Waals surface area contributed by atoms with Crippen molar-refractivity contribution >= 4 is 11.8 Å². The monoisotopic (exact) mass is 404 g/mol. The van der Waals surface area contributed by atoms with Gasteiger partial charge < -0.3 is 24.8 Å². The van der Waals surface area contributed by atoms with Gasteiger partial charge in [-0.05, 0) is 51.8 Å². The topological polar surface area (TPSA) is 74.0 Å². The van der Waals surface area contributed by atoms with E-state index in [2.05, 4.69) is 0 Å². The Morgan fingerprint density at radius 3 is 2.46 bits per heavy atom. The number of nitrogen functional groups attached to an aromatic ring is 1. The van der Waals surface area contributed by atoms with Crippen LogP contribution in [0.1, 0.15) is 39.2 Å². The van der Waals surface area contributed by atoms with Gasteiger partial charge in [0.15, 0.2) is 6.61 Å². The molecule has 1 aliphatic heterocycles. The van der Waals surface area contributed by atoms with Gasteiger partial charge in [-0.2, -0.15) is 13.2 Å². The highest BCUT2D eigenvalue weighted by Gasteiger charge is 2.32. The van der Waals surface area contributed by atoms with Gasteiger partial charge in [-0.3, -0.25) is 0 Å². The van der Waals surface area contributed by atoms with Gasteiger partial charge in [0, 0.05) is 30.5 Å². The summed E-state index contributed by atoms with van der Waals surface area (Å²) >= 11 is 0. The van der Waals surface area contributed by atoms with Gasteiger partial charge >= 0.3 is 12.3 Å². The van der Waals surface area contributed by atoms with E-state index < -0.39 is 24.5 Å². The maximum atomic E-state index is 12.8. The zero-order valence-corrected chi connectivity index (χ0v) is 16.3. The molecule has 0 aromatic heterocycles. The molecule has 28 heavy (non-hydrogen) atoms. The molecule has 0 atom stereocenters. The van der Waals surface area contributed by atoms with E-state index in [-0.39, 0.29) is 18.3 Å². The molecule has 158 valence electrons. The second kappa shape index (κ2) is 8.89. The van der Waals surface area contributed by atoms with Gasteiger partial charge in [-0.25, -0.2) is 4.79 Å². The van der Waals surface area contributed by atoms with E-state index in [4.69, 9.17) is 19.9 Å². The van der Waals surface area contributed by atoms with E-state index in [0.717, 1.165) is 0 Å². The summed E-state index contributed by atoms with van der Waals surface area (Å²) in [5, 5.41) is 0. The maximum Gasteiger partial charge on any atom is 0.422 e. The van der Waals surface area contributed by atoms with Crippen molar-refractivity contribution in [3.05, 3.63) is 23.8 Å². The molecule has 2 rings (SSSR count). The third kappa shape index (κ3) is 7.10. The van der Waals surface area contributed by atoms with Crippen LogP contribution in [-0.2, 0) is 16.0 Å². The molecule has 0 radical (unpaired) electrons. The highest BCUT2D eigenvalue weighted by molar-refractivity contribution is 5.69. The summed E-state index contributed by atoms with van der Waals surface area (Å²) in [6.07, 6.45) is -3.78. The molecule has 6 nitrogen and oxygen atoms in total. The van der Waals surface area contributed by atoms with Crippen LogP contribution in [0.15, 0.2) is 18.2 Å². The number of alkyl halides is 3. The van der Waals surface area contributed by atoms with Crippen LogP contribution in [0.5, 0.6) is 5.75 Å². The normalized spacial score (nSPS) is 15.9. The Balaban J connectivity index is 2.26. The number of nitrogens with zero attached hydrogens (tertiary/aromatic N) is 1. The average Bonchev–Trinajstić information content (AvgIpc) is 2.57. The van der Waals surface area contributed by atoms with Gasteiger partial charge in [0.25, 0.3) is 0 Å². The first-order chi connectivity index (χ1) is 12.9. The summed E-state index contributed by atoms with van der Waals surface area (Å²) in [5.41, 5.74) is 5.86. The van der Waals surface area contributed by atoms with Crippen LogP contribution in [0, 0.1) is 0 Å². The summed E-state index contributed by atoms with van der Waals surface area (Å²) in [6, 6.07) is 4.21. The van der Waals surface area contributed by atoms with Crippen molar-refractivity contribution in [2.45, 2.75) is 58.0 Å². The molecule has 1 aromatic rings. The maximum absolute atomic E-state index is 12.8. The summed E-state index contributed by atoms with van der Waals surface area (Å²) < 4.78 is 53.5. The van der Waals surface area contributed by atoms with Crippen LogP contribution in [0.4, 0.5) is 23.7 Å². The lowest BCUT2D eigenvalue weighted by molar-refractivity contribution is -0.153. The standard InChI is InChI=1S/C19H27F3N2O4/c1-18(2,3)28-17(25)24(15-6-8-26-9-7-15)11-13-10-14(23)4-5-16(13)27-12-19(20,21)22/h4-5,10,15H,6-9,11-12,23H2,1-3H3. The number of hydrogen-bond acceptors (Lipinski definition) is 5. The SMILES string of the molecule is CC(C)(C)OC(=O)N(Cc1cc(N)ccc1OCC(F)(F)F)C1CCOCC1. The zero-order chi connectivity index (χ0) is 20.9. The van der Waals surface area contributed by atoms with E-state index in [1.54, 1.807) is 20.8 Å². The van der Waals surface area contributed by atoms with Gasteiger partial charge in [0.1, 0.15) is 11.4 Å². The molecule has 2 N–H and O–H groups in total. The van der Waals surface area contributed by atoms with E-state index >= 15 is 0 Å². The van der Waals surface area contributed by atoms with Gasteiger partial charge in [-0.15, -0.1) is 0 Å². The molecule has 0 saturated carbocycles. The minimum absolute atomic E-state index is 0.0256. The molecule has 1 fully saturated rings. The fraction of sp³-hybridized carbons (Fsp3) is 0.632. The van der Waals surface area contributed by atoms with Crippen molar-refractivity contribution in [1.82, 2.24) is 4.90 Å². The number of ether oxygens (including phenoxy) is 3. The van der Waals surface area contributed by atoms with E-state index in [0.29, 0.717) is 37.3 Å². The Labute approximate surface area is 162 Å². The molecule has 0 spiro atoms. The Kier molecular flexibility index (Phi) is 7.03. The van der Waals surface area contributed by atoms with E-state index in [1.165, 1.54) is 23.1 Å². The van der Waals surface area contributed by atoms with Gasteiger partial charge in [0.2, 0.25) is 0 Å². The zero-order valence-electron chi connectivity index (χ0n) is 16.3. The smallest absolute Gasteiger partial charge is 0.422 e. The van der Waals surface area contributed by atoms with Crippen LogP contribution < -0.4 is 10.5 Å². The summed E-state index contributed by atoms with van der Waals surface area (Å²) in [6.45, 7) is 4.87. The second-order valence-electron chi connectivity index (χ2n) is 7.72. The van der Waals surface area contributed by atoms with Gasteiger partial charge in [0.05, 0.1) is 6.54 Å². The number of benzene rings is 1. The number of halogens is 3. The lowest BCUT2D eigenvalue weighted by atomic mass is 10.1. The molecule has 1 aromatic carbocycles. The molecule has 1 amide bonds. The molecule has 0 bridgehead atoms. The van der Waals surface area contributed by atoms with Crippen molar-refractivity contribution in [2.75, 3.05) is 25.6 Å². The summed E-state index contributed by atoms with van der Waals surface area (Å²) in [5.74, 6) is 0.0344. The number of amides is 1. The first-order valence-electron chi connectivity index (χ1n) is 9.10. The quantitative estimate of drug-likeness (QED) is 0.747. The Bertz CT molecular complexity index is 668. The average molecular weight is 404 g/mol. The number of rotatable bonds is 5. The van der Waals surface area contributed by atoms with Crippen LogP contribution in [0.25, 0.3) is 0 Å². The van der Waals surface area contributed by atoms with Crippen molar-refractivity contribution in [3.63, 3.8) is 0 Å². The largest absolute Gasteiger partial charge is 0.484 e. The lowest BCUT2D eigenvalue weighted by Gasteiger charge is -2.36. The fourth-order valence-corrected chi connectivity index (χ4v) is 2.87. The molecule has 9 heteroatoms. The fourth-order valence-electron chi connectivity index (χ4n) is 2.87. The first kappa shape index (κ1) is 22.1. The van der Waals surface area contributed by atoms with Crippen LogP contribution in [0.2, 0.25) is 0 Å². The van der Waals surface area contributed by atoms with Crippen molar-refractivity contribution < 1.29 is 32.2 Å². The Hall–Kier alpha value is -2.16. The highest BCUT2D eigenvalue weighted by atomic mass is 19.4. The van der Waals surface area contributed by atoms with Crippen molar-refractivity contribution in [2.24, 2.45) is 0 Å². The molecule has 1 saturated heterocycles.